The van der Waals surface area contributed by atoms with Crippen LogP contribution in [0.4, 0.5) is 10.5 Å². The Bertz CT molecular complexity index is 899. The van der Waals surface area contributed by atoms with Gasteiger partial charge in [-0.25, -0.2) is 4.79 Å². The van der Waals surface area contributed by atoms with Crippen LogP contribution in [-0.2, 0) is 9.53 Å². The standard InChI is InChI=1S/C19H16Cl3NO6/c1-11(17(25)26)15-13(23-16(24)12-6-3-2-4-7-12)8-5-9-14(15)29-18(27)28-10-19(20,21)22/h2-9,11H,10H2,1H3,(H,23,24)(H,25,26). The van der Waals surface area contributed by atoms with Crippen molar-refractivity contribution in [1.29, 1.82) is 0 Å². The number of halogens is 3. The number of rotatable bonds is 6. The first-order valence-corrected chi connectivity index (χ1v) is 9.35. The molecule has 2 aromatic carbocycles. The van der Waals surface area contributed by atoms with Crippen LogP contribution in [0.5, 0.6) is 5.75 Å². The molecule has 2 rings (SSSR count). The molecule has 0 saturated heterocycles. The van der Waals surface area contributed by atoms with Crippen LogP contribution in [0, 0.1) is 0 Å². The van der Waals surface area contributed by atoms with Crippen molar-refractivity contribution >= 4 is 58.5 Å². The first-order chi connectivity index (χ1) is 13.6. The number of hydrogen-bond acceptors (Lipinski definition) is 5. The molecule has 0 aliphatic heterocycles. The van der Waals surface area contributed by atoms with Crippen LogP contribution in [-0.4, -0.2) is 33.5 Å². The van der Waals surface area contributed by atoms with E-state index in [0.717, 1.165) is 0 Å². The SMILES string of the molecule is CC(C(=O)O)c1c(NC(=O)c2ccccc2)cccc1OC(=O)OCC(Cl)(Cl)Cl. The van der Waals surface area contributed by atoms with Crippen LogP contribution < -0.4 is 10.1 Å². The van der Waals surface area contributed by atoms with Gasteiger partial charge < -0.3 is 19.9 Å². The molecule has 7 nitrogen and oxygen atoms in total. The van der Waals surface area contributed by atoms with E-state index in [1.165, 1.54) is 25.1 Å². The molecule has 0 radical (unpaired) electrons. The molecule has 0 heterocycles. The number of amides is 1. The highest BCUT2D eigenvalue weighted by molar-refractivity contribution is 6.67. The fraction of sp³-hybridized carbons (Fsp3) is 0.211. The maximum absolute atomic E-state index is 12.5. The van der Waals surface area contributed by atoms with Gasteiger partial charge in [-0.15, -0.1) is 0 Å². The lowest BCUT2D eigenvalue weighted by Crippen LogP contribution is -2.21. The summed E-state index contributed by atoms with van der Waals surface area (Å²) in [5.41, 5.74) is 0.616. The Kier molecular flexibility index (Phi) is 7.73. The molecule has 1 atom stereocenters. The van der Waals surface area contributed by atoms with Gasteiger partial charge in [0, 0.05) is 16.8 Å². The Morgan fingerprint density at radius 3 is 2.31 bits per heavy atom. The second-order valence-corrected chi connectivity index (χ2v) is 8.37. The highest BCUT2D eigenvalue weighted by Crippen LogP contribution is 2.35. The molecule has 154 valence electrons. The summed E-state index contributed by atoms with van der Waals surface area (Å²) in [5, 5.41) is 12.1. The van der Waals surface area contributed by atoms with Crippen LogP contribution in [0.1, 0.15) is 28.8 Å². The minimum atomic E-state index is -1.83. The van der Waals surface area contributed by atoms with E-state index in [2.05, 4.69) is 5.32 Å². The number of carbonyl (C=O) groups excluding carboxylic acids is 2. The zero-order valence-electron chi connectivity index (χ0n) is 15.0. The molecular formula is C19H16Cl3NO6. The van der Waals surface area contributed by atoms with E-state index in [0.29, 0.717) is 5.56 Å². The molecule has 10 heteroatoms. The van der Waals surface area contributed by atoms with Gasteiger partial charge in [0.25, 0.3) is 5.91 Å². The molecule has 2 N–H and O–H groups in total. The molecule has 1 unspecified atom stereocenters. The van der Waals surface area contributed by atoms with Gasteiger partial charge in [0.1, 0.15) is 12.4 Å². The van der Waals surface area contributed by atoms with Gasteiger partial charge in [-0.1, -0.05) is 59.1 Å². The Morgan fingerprint density at radius 1 is 1.07 bits per heavy atom. The Balaban J connectivity index is 2.32. The molecule has 1 amide bonds. The quantitative estimate of drug-likeness (QED) is 0.357. The van der Waals surface area contributed by atoms with Gasteiger partial charge in [0.05, 0.1) is 5.92 Å². The average molecular weight is 461 g/mol. The van der Waals surface area contributed by atoms with Crippen molar-refractivity contribution in [1.82, 2.24) is 0 Å². The van der Waals surface area contributed by atoms with Crippen LogP contribution in [0.15, 0.2) is 48.5 Å². The maximum atomic E-state index is 12.5. The average Bonchev–Trinajstić information content (AvgIpc) is 2.66. The summed E-state index contributed by atoms with van der Waals surface area (Å²) in [6.07, 6.45) is -1.19. The number of hydrogen-bond donors (Lipinski definition) is 2. The fourth-order valence-electron chi connectivity index (χ4n) is 2.36. The lowest BCUT2D eigenvalue weighted by Gasteiger charge is -2.18. The summed E-state index contributed by atoms with van der Waals surface area (Å²) in [6, 6.07) is 12.7. The third-order valence-electron chi connectivity index (χ3n) is 3.70. The Morgan fingerprint density at radius 2 is 1.72 bits per heavy atom. The molecule has 29 heavy (non-hydrogen) atoms. The second kappa shape index (κ2) is 9.82. The summed E-state index contributed by atoms with van der Waals surface area (Å²) in [6.45, 7) is 0.820. The number of anilines is 1. The molecule has 0 saturated carbocycles. The number of nitrogens with one attached hydrogen (secondary N) is 1. The number of ether oxygens (including phenoxy) is 2. The van der Waals surface area contributed by atoms with E-state index in [4.69, 9.17) is 44.3 Å². The van der Waals surface area contributed by atoms with Gasteiger partial charge in [-0.3, -0.25) is 9.59 Å². The maximum Gasteiger partial charge on any atom is 0.514 e. The third kappa shape index (κ3) is 6.81. The van der Waals surface area contributed by atoms with Crippen molar-refractivity contribution in [2.24, 2.45) is 0 Å². The van der Waals surface area contributed by atoms with Crippen molar-refractivity contribution in [2.45, 2.75) is 16.6 Å². The molecule has 0 spiro atoms. The van der Waals surface area contributed by atoms with E-state index in [1.807, 2.05) is 0 Å². The van der Waals surface area contributed by atoms with Crippen LogP contribution in [0.25, 0.3) is 0 Å². The largest absolute Gasteiger partial charge is 0.514 e. The van der Waals surface area contributed by atoms with E-state index in [1.54, 1.807) is 30.3 Å². The third-order valence-corrected chi connectivity index (χ3v) is 4.03. The highest BCUT2D eigenvalue weighted by Gasteiger charge is 2.27. The Hall–Kier alpha value is -2.48. The van der Waals surface area contributed by atoms with Crippen molar-refractivity contribution in [3.8, 4) is 5.75 Å². The number of carboxylic acid groups (broad SMARTS) is 1. The summed E-state index contributed by atoms with van der Waals surface area (Å²) in [7, 11) is 0. The number of alkyl halides is 3. The van der Waals surface area contributed by atoms with Gasteiger partial charge in [0.2, 0.25) is 3.79 Å². The Labute approximate surface area is 181 Å². The molecule has 0 fully saturated rings. The zero-order valence-corrected chi connectivity index (χ0v) is 17.3. The van der Waals surface area contributed by atoms with E-state index >= 15 is 0 Å². The summed E-state index contributed by atoms with van der Waals surface area (Å²) in [4.78, 5) is 35.9. The van der Waals surface area contributed by atoms with Gasteiger partial charge in [-0.05, 0) is 31.2 Å². The van der Waals surface area contributed by atoms with Gasteiger partial charge in [-0.2, -0.15) is 0 Å². The highest BCUT2D eigenvalue weighted by atomic mass is 35.6. The summed E-state index contributed by atoms with van der Waals surface area (Å²) in [5.74, 6) is -2.87. The molecule has 0 aromatic heterocycles. The number of benzene rings is 2. The van der Waals surface area contributed by atoms with Crippen LogP contribution in [0.3, 0.4) is 0 Å². The predicted molar refractivity (Wildman–Crippen MR) is 109 cm³/mol. The lowest BCUT2D eigenvalue weighted by atomic mass is 9.97. The van der Waals surface area contributed by atoms with E-state index < -0.39 is 34.3 Å². The van der Waals surface area contributed by atoms with Crippen molar-refractivity contribution in [3.05, 3.63) is 59.7 Å². The first kappa shape index (κ1) is 22.8. The molecule has 0 aliphatic rings. The second-order valence-electron chi connectivity index (χ2n) is 5.85. The summed E-state index contributed by atoms with van der Waals surface area (Å²) < 4.78 is 7.96. The molecule has 0 aliphatic carbocycles. The number of carboxylic acids is 1. The van der Waals surface area contributed by atoms with Crippen LogP contribution >= 0.6 is 34.8 Å². The minimum absolute atomic E-state index is 0.0788. The zero-order chi connectivity index (χ0) is 21.6. The topological polar surface area (TPSA) is 102 Å². The first-order valence-electron chi connectivity index (χ1n) is 8.22. The van der Waals surface area contributed by atoms with Crippen molar-refractivity contribution in [2.75, 3.05) is 11.9 Å². The predicted octanol–water partition coefficient (Wildman–Crippen LogP) is 5.01. The fourth-order valence-corrected chi connectivity index (χ4v) is 2.52. The van der Waals surface area contributed by atoms with Gasteiger partial charge >= 0.3 is 12.1 Å². The summed E-state index contributed by atoms with van der Waals surface area (Å²) >= 11 is 16.6. The lowest BCUT2D eigenvalue weighted by molar-refractivity contribution is -0.138. The van der Waals surface area contributed by atoms with Gasteiger partial charge in [0.15, 0.2) is 0 Å². The van der Waals surface area contributed by atoms with Crippen molar-refractivity contribution < 1.29 is 29.0 Å². The molecule has 0 bridgehead atoms. The smallest absolute Gasteiger partial charge is 0.481 e. The normalized spacial score (nSPS) is 12.0. The van der Waals surface area contributed by atoms with Crippen LogP contribution in [0.2, 0.25) is 0 Å². The monoisotopic (exact) mass is 459 g/mol. The minimum Gasteiger partial charge on any atom is -0.481 e. The number of carbonyl (C=O) groups is 3. The van der Waals surface area contributed by atoms with E-state index in [-0.39, 0.29) is 17.0 Å². The number of aliphatic carboxylic acids is 1. The van der Waals surface area contributed by atoms with E-state index in [9.17, 15) is 19.5 Å². The van der Waals surface area contributed by atoms with Crippen molar-refractivity contribution in [3.63, 3.8) is 0 Å². The molecule has 2 aromatic rings. The molecular weight excluding hydrogens is 445 g/mol.